The Balaban J connectivity index is 2.73. The smallest absolute Gasteiger partial charge is 0.313 e. The maximum absolute atomic E-state index is 11.8. The van der Waals surface area contributed by atoms with Crippen molar-refractivity contribution < 1.29 is 9.53 Å². The summed E-state index contributed by atoms with van der Waals surface area (Å²) in [5.74, 6) is -0.430. The summed E-state index contributed by atoms with van der Waals surface area (Å²) in [5.41, 5.74) is 0.877. The molecule has 0 aliphatic rings. The molecule has 3 heteroatoms. The molecule has 0 fully saturated rings. The van der Waals surface area contributed by atoms with Crippen LogP contribution in [0.25, 0.3) is 0 Å². The molecule has 18 heavy (non-hydrogen) atoms. The van der Waals surface area contributed by atoms with Crippen molar-refractivity contribution >= 4 is 17.6 Å². The number of unbranched alkanes of at least 4 members (excludes halogenated alkanes) is 3. The number of hydrogen-bond donors (Lipinski definition) is 0. The predicted octanol–water partition coefficient (Wildman–Crippen LogP) is 4.57. The van der Waals surface area contributed by atoms with E-state index in [1.165, 1.54) is 20.0 Å². The minimum atomic E-state index is -0.236. The molecule has 1 rings (SSSR count). The van der Waals surface area contributed by atoms with E-state index in [4.69, 9.17) is 16.3 Å². The van der Waals surface area contributed by atoms with Crippen molar-refractivity contribution in [1.82, 2.24) is 0 Å². The number of rotatable bonds is 7. The molecule has 0 aliphatic carbocycles. The highest BCUT2D eigenvalue weighted by molar-refractivity contribution is 6.31. The second-order valence-electron chi connectivity index (χ2n) is 4.45. The fourth-order valence-electron chi connectivity index (χ4n) is 2.08. The van der Waals surface area contributed by atoms with Crippen molar-refractivity contribution in [3.05, 3.63) is 34.9 Å². The SMILES string of the molecule is CCCCCCC(C(=O)OC)c1ccccc1Cl. The lowest BCUT2D eigenvalue weighted by atomic mass is 9.93. The van der Waals surface area contributed by atoms with Crippen LogP contribution in [0.4, 0.5) is 0 Å². The molecule has 0 aromatic heterocycles. The highest BCUT2D eigenvalue weighted by atomic mass is 35.5. The zero-order valence-electron chi connectivity index (χ0n) is 11.1. The quantitative estimate of drug-likeness (QED) is 0.535. The molecule has 1 aromatic carbocycles. The molecule has 0 heterocycles. The van der Waals surface area contributed by atoms with Gasteiger partial charge in [-0.15, -0.1) is 0 Å². The monoisotopic (exact) mass is 268 g/mol. The molecule has 2 nitrogen and oxygen atoms in total. The predicted molar refractivity (Wildman–Crippen MR) is 75.0 cm³/mol. The maximum atomic E-state index is 11.8. The van der Waals surface area contributed by atoms with Crippen molar-refractivity contribution in [3.63, 3.8) is 0 Å². The van der Waals surface area contributed by atoms with E-state index in [2.05, 4.69) is 6.92 Å². The highest BCUT2D eigenvalue weighted by Gasteiger charge is 2.22. The number of ether oxygens (including phenoxy) is 1. The summed E-state index contributed by atoms with van der Waals surface area (Å²) in [4.78, 5) is 11.8. The Kier molecular flexibility index (Phi) is 6.81. The molecule has 0 bridgehead atoms. The Labute approximate surface area is 114 Å². The summed E-state index contributed by atoms with van der Waals surface area (Å²) in [5, 5.41) is 0.642. The fraction of sp³-hybridized carbons (Fsp3) is 0.533. The molecule has 0 saturated heterocycles. The summed E-state index contributed by atoms with van der Waals surface area (Å²) >= 11 is 6.15. The van der Waals surface area contributed by atoms with Crippen molar-refractivity contribution in [2.45, 2.75) is 44.9 Å². The molecule has 1 unspecified atom stereocenters. The summed E-state index contributed by atoms with van der Waals surface area (Å²) in [6, 6.07) is 7.50. The minimum absolute atomic E-state index is 0.195. The lowest BCUT2D eigenvalue weighted by molar-refractivity contribution is -0.142. The van der Waals surface area contributed by atoms with Gasteiger partial charge < -0.3 is 4.74 Å². The summed E-state index contributed by atoms with van der Waals surface area (Å²) in [7, 11) is 1.43. The van der Waals surface area contributed by atoms with Crippen LogP contribution < -0.4 is 0 Å². The molecular weight excluding hydrogens is 248 g/mol. The Morgan fingerprint density at radius 2 is 2.00 bits per heavy atom. The molecule has 0 spiro atoms. The van der Waals surface area contributed by atoms with E-state index in [0.717, 1.165) is 24.8 Å². The van der Waals surface area contributed by atoms with Gasteiger partial charge in [0.15, 0.2) is 0 Å². The fourth-order valence-corrected chi connectivity index (χ4v) is 2.34. The molecule has 0 radical (unpaired) electrons. The minimum Gasteiger partial charge on any atom is -0.469 e. The Morgan fingerprint density at radius 3 is 2.61 bits per heavy atom. The van der Waals surface area contributed by atoms with Crippen LogP contribution in [-0.2, 0) is 9.53 Å². The number of benzene rings is 1. The van der Waals surface area contributed by atoms with E-state index in [1.807, 2.05) is 24.3 Å². The van der Waals surface area contributed by atoms with Gasteiger partial charge in [-0.25, -0.2) is 0 Å². The molecular formula is C15H21ClO2. The van der Waals surface area contributed by atoms with Gasteiger partial charge in [0.2, 0.25) is 0 Å². The van der Waals surface area contributed by atoms with Gasteiger partial charge in [0.25, 0.3) is 0 Å². The molecule has 0 amide bonds. The zero-order valence-corrected chi connectivity index (χ0v) is 11.9. The van der Waals surface area contributed by atoms with Crippen LogP contribution in [0.15, 0.2) is 24.3 Å². The average molecular weight is 269 g/mol. The molecule has 0 aliphatic heterocycles. The van der Waals surface area contributed by atoms with Crippen LogP contribution in [0.2, 0.25) is 5.02 Å². The number of hydrogen-bond acceptors (Lipinski definition) is 2. The first-order valence-corrected chi connectivity index (χ1v) is 6.90. The average Bonchev–Trinajstić information content (AvgIpc) is 2.39. The number of carbonyl (C=O) groups is 1. The molecule has 100 valence electrons. The van der Waals surface area contributed by atoms with Gasteiger partial charge >= 0.3 is 5.97 Å². The van der Waals surface area contributed by atoms with E-state index in [1.54, 1.807) is 0 Å². The number of halogens is 1. The first-order valence-electron chi connectivity index (χ1n) is 6.53. The lowest BCUT2D eigenvalue weighted by Crippen LogP contribution is -2.14. The van der Waals surface area contributed by atoms with Gasteiger partial charge in [-0.05, 0) is 18.1 Å². The highest BCUT2D eigenvalue weighted by Crippen LogP contribution is 2.29. The Hall–Kier alpha value is -1.02. The molecule has 0 saturated carbocycles. The van der Waals surface area contributed by atoms with Gasteiger partial charge in [-0.2, -0.15) is 0 Å². The Bertz CT molecular complexity index is 377. The van der Waals surface area contributed by atoms with E-state index < -0.39 is 0 Å². The summed E-state index contributed by atoms with van der Waals surface area (Å²) < 4.78 is 4.88. The standard InChI is InChI=1S/C15H21ClO2/c1-3-4-5-6-10-13(15(17)18-2)12-9-7-8-11-14(12)16/h7-9,11,13H,3-6,10H2,1-2H3. The molecule has 1 aromatic rings. The van der Waals surface area contributed by atoms with Crippen LogP contribution in [0.5, 0.6) is 0 Å². The van der Waals surface area contributed by atoms with Crippen molar-refractivity contribution in [2.24, 2.45) is 0 Å². The second-order valence-corrected chi connectivity index (χ2v) is 4.85. The second kappa shape index (κ2) is 8.15. The topological polar surface area (TPSA) is 26.3 Å². The largest absolute Gasteiger partial charge is 0.469 e. The van der Waals surface area contributed by atoms with Crippen LogP contribution in [0.1, 0.15) is 50.5 Å². The van der Waals surface area contributed by atoms with E-state index in [-0.39, 0.29) is 11.9 Å². The zero-order chi connectivity index (χ0) is 13.4. The summed E-state index contributed by atoms with van der Waals surface area (Å²) in [6.45, 7) is 2.17. The van der Waals surface area contributed by atoms with Crippen molar-refractivity contribution in [3.8, 4) is 0 Å². The lowest BCUT2D eigenvalue weighted by Gasteiger charge is -2.16. The molecule has 0 N–H and O–H groups in total. The van der Waals surface area contributed by atoms with Crippen LogP contribution in [0.3, 0.4) is 0 Å². The third-order valence-electron chi connectivity index (χ3n) is 3.11. The van der Waals surface area contributed by atoms with E-state index in [9.17, 15) is 4.79 Å². The van der Waals surface area contributed by atoms with Gasteiger partial charge in [0, 0.05) is 5.02 Å². The molecule has 1 atom stereocenters. The van der Waals surface area contributed by atoms with Crippen molar-refractivity contribution in [1.29, 1.82) is 0 Å². The maximum Gasteiger partial charge on any atom is 0.313 e. The summed E-state index contributed by atoms with van der Waals surface area (Å²) in [6.07, 6.45) is 5.37. The van der Waals surface area contributed by atoms with Crippen molar-refractivity contribution in [2.75, 3.05) is 7.11 Å². The Morgan fingerprint density at radius 1 is 1.28 bits per heavy atom. The van der Waals surface area contributed by atoms with Gasteiger partial charge in [-0.1, -0.05) is 62.4 Å². The third kappa shape index (κ3) is 4.34. The van der Waals surface area contributed by atoms with Crippen LogP contribution >= 0.6 is 11.6 Å². The van der Waals surface area contributed by atoms with E-state index >= 15 is 0 Å². The number of methoxy groups -OCH3 is 1. The van der Waals surface area contributed by atoms with Gasteiger partial charge in [-0.3, -0.25) is 4.79 Å². The van der Waals surface area contributed by atoms with E-state index in [0.29, 0.717) is 5.02 Å². The third-order valence-corrected chi connectivity index (χ3v) is 3.46. The van der Waals surface area contributed by atoms with Crippen LogP contribution in [-0.4, -0.2) is 13.1 Å². The van der Waals surface area contributed by atoms with Gasteiger partial charge in [0.1, 0.15) is 0 Å². The normalized spacial score (nSPS) is 12.2. The number of carbonyl (C=O) groups excluding carboxylic acids is 1. The first kappa shape index (κ1) is 15.0. The van der Waals surface area contributed by atoms with Crippen LogP contribution in [0, 0.1) is 0 Å². The number of esters is 1. The van der Waals surface area contributed by atoms with Gasteiger partial charge in [0.05, 0.1) is 13.0 Å². The first-order chi connectivity index (χ1) is 8.70.